The highest BCUT2D eigenvalue weighted by molar-refractivity contribution is 5.91. The third-order valence-electron chi connectivity index (χ3n) is 3.87. The SMILES string of the molecule is CCN(C[C@@H]1CCOC1)C(=O)c1cnn(-c2ccccc2)n1. The average Bonchev–Trinajstić information content (AvgIpc) is 3.24. The van der Waals surface area contributed by atoms with Gasteiger partial charge in [0.15, 0.2) is 5.69 Å². The van der Waals surface area contributed by atoms with E-state index < -0.39 is 0 Å². The van der Waals surface area contributed by atoms with E-state index in [1.165, 1.54) is 11.0 Å². The summed E-state index contributed by atoms with van der Waals surface area (Å²) in [5, 5.41) is 8.50. The second-order valence-corrected chi connectivity index (χ2v) is 5.43. The fourth-order valence-corrected chi connectivity index (χ4v) is 2.60. The highest BCUT2D eigenvalue weighted by Crippen LogP contribution is 2.15. The molecule has 1 aliphatic heterocycles. The predicted octanol–water partition coefficient (Wildman–Crippen LogP) is 1.77. The van der Waals surface area contributed by atoms with Crippen LogP contribution >= 0.6 is 0 Å². The molecule has 3 rings (SSSR count). The molecular weight excluding hydrogens is 280 g/mol. The predicted molar refractivity (Wildman–Crippen MR) is 81.9 cm³/mol. The molecule has 1 saturated heterocycles. The van der Waals surface area contributed by atoms with Crippen LogP contribution in [0, 0.1) is 5.92 Å². The van der Waals surface area contributed by atoms with E-state index in [0.717, 1.165) is 25.3 Å². The molecule has 0 unspecified atom stereocenters. The van der Waals surface area contributed by atoms with E-state index in [9.17, 15) is 4.79 Å². The molecule has 0 aliphatic carbocycles. The number of amides is 1. The number of para-hydroxylation sites is 1. The van der Waals surface area contributed by atoms with Crippen molar-refractivity contribution in [2.45, 2.75) is 13.3 Å². The number of carbonyl (C=O) groups is 1. The van der Waals surface area contributed by atoms with E-state index in [4.69, 9.17) is 4.74 Å². The van der Waals surface area contributed by atoms with Gasteiger partial charge in [0.25, 0.3) is 5.91 Å². The molecule has 1 aromatic heterocycles. The van der Waals surface area contributed by atoms with Crippen molar-refractivity contribution >= 4 is 5.91 Å². The summed E-state index contributed by atoms with van der Waals surface area (Å²) >= 11 is 0. The Morgan fingerprint density at radius 3 is 2.91 bits per heavy atom. The normalized spacial score (nSPS) is 17.6. The molecule has 6 heteroatoms. The average molecular weight is 300 g/mol. The Bertz CT molecular complexity index is 620. The summed E-state index contributed by atoms with van der Waals surface area (Å²) in [6.45, 7) is 4.89. The number of benzene rings is 1. The summed E-state index contributed by atoms with van der Waals surface area (Å²) in [7, 11) is 0. The van der Waals surface area contributed by atoms with Gasteiger partial charge in [-0.25, -0.2) is 0 Å². The first-order valence-electron chi connectivity index (χ1n) is 7.62. The maximum Gasteiger partial charge on any atom is 0.276 e. The molecule has 0 bridgehead atoms. The maximum atomic E-state index is 12.6. The summed E-state index contributed by atoms with van der Waals surface area (Å²) in [6.07, 6.45) is 2.55. The van der Waals surface area contributed by atoms with Gasteiger partial charge in [0.1, 0.15) is 0 Å². The van der Waals surface area contributed by atoms with E-state index in [1.807, 2.05) is 42.2 Å². The highest BCUT2D eigenvalue weighted by atomic mass is 16.5. The smallest absolute Gasteiger partial charge is 0.276 e. The summed E-state index contributed by atoms with van der Waals surface area (Å²) in [6, 6.07) is 9.57. The first kappa shape index (κ1) is 14.7. The lowest BCUT2D eigenvalue weighted by molar-refractivity contribution is 0.0724. The zero-order chi connectivity index (χ0) is 15.4. The van der Waals surface area contributed by atoms with Crippen molar-refractivity contribution in [2.24, 2.45) is 5.92 Å². The number of rotatable bonds is 5. The van der Waals surface area contributed by atoms with Gasteiger partial charge in [-0.1, -0.05) is 18.2 Å². The summed E-state index contributed by atoms with van der Waals surface area (Å²) < 4.78 is 5.38. The lowest BCUT2D eigenvalue weighted by atomic mass is 10.1. The van der Waals surface area contributed by atoms with Crippen molar-refractivity contribution < 1.29 is 9.53 Å². The van der Waals surface area contributed by atoms with Gasteiger partial charge < -0.3 is 9.64 Å². The fourth-order valence-electron chi connectivity index (χ4n) is 2.60. The molecule has 2 heterocycles. The van der Waals surface area contributed by atoms with E-state index in [0.29, 0.717) is 24.7 Å². The lowest BCUT2D eigenvalue weighted by Gasteiger charge is -2.22. The molecule has 0 radical (unpaired) electrons. The minimum atomic E-state index is -0.0726. The molecule has 1 atom stereocenters. The Balaban J connectivity index is 1.72. The van der Waals surface area contributed by atoms with Crippen molar-refractivity contribution in [1.29, 1.82) is 0 Å². The van der Waals surface area contributed by atoms with Crippen LogP contribution in [0.2, 0.25) is 0 Å². The van der Waals surface area contributed by atoms with Crippen molar-refractivity contribution in [3.05, 3.63) is 42.2 Å². The zero-order valence-electron chi connectivity index (χ0n) is 12.7. The maximum absolute atomic E-state index is 12.6. The van der Waals surface area contributed by atoms with Crippen LogP contribution in [0.15, 0.2) is 36.5 Å². The fraction of sp³-hybridized carbons (Fsp3) is 0.438. The lowest BCUT2D eigenvalue weighted by Crippen LogP contribution is -2.35. The van der Waals surface area contributed by atoms with Crippen LogP contribution in [-0.4, -0.2) is 52.1 Å². The molecule has 1 aliphatic rings. The Morgan fingerprint density at radius 1 is 1.41 bits per heavy atom. The van der Waals surface area contributed by atoms with Crippen LogP contribution in [-0.2, 0) is 4.74 Å². The molecule has 2 aromatic rings. The van der Waals surface area contributed by atoms with Crippen LogP contribution in [0.1, 0.15) is 23.8 Å². The minimum Gasteiger partial charge on any atom is -0.381 e. The quantitative estimate of drug-likeness (QED) is 0.844. The van der Waals surface area contributed by atoms with Gasteiger partial charge in [0, 0.05) is 25.6 Å². The van der Waals surface area contributed by atoms with Crippen molar-refractivity contribution in [3.8, 4) is 5.69 Å². The molecule has 0 saturated carbocycles. The second-order valence-electron chi connectivity index (χ2n) is 5.43. The summed E-state index contributed by atoms with van der Waals surface area (Å²) in [5.41, 5.74) is 1.22. The van der Waals surface area contributed by atoms with Gasteiger partial charge in [0.2, 0.25) is 0 Å². The third kappa shape index (κ3) is 3.17. The van der Waals surface area contributed by atoms with Crippen LogP contribution < -0.4 is 0 Å². The monoisotopic (exact) mass is 300 g/mol. The number of hydrogen-bond donors (Lipinski definition) is 0. The molecule has 22 heavy (non-hydrogen) atoms. The number of ether oxygens (including phenoxy) is 1. The third-order valence-corrected chi connectivity index (χ3v) is 3.87. The Kier molecular flexibility index (Phi) is 4.48. The largest absolute Gasteiger partial charge is 0.381 e. The van der Waals surface area contributed by atoms with E-state index in [-0.39, 0.29) is 5.91 Å². The summed E-state index contributed by atoms with van der Waals surface area (Å²) in [5.74, 6) is 0.352. The molecular formula is C16H20N4O2. The van der Waals surface area contributed by atoms with Gasteiger partial charge in [-0.2, -0.15) is 9.90 Å². The first-order valence-corrected chi connectivity index (χ1v) is 7.62. The van der Waals surface area contributed by atoms with Gasteiger partial charge in [-0.3, -0.25) is 4.79 Å². The Morgan fingerprint density at radius 2 is 2.23 bits per heavy atom. The number of carbonyl (C=O) groups excluding carboxylic acids is 1. The number of aromatic nitrogens is 3. The molecule has 116 valence electrons. The molecule has 6 nitrogen and oxygen atoms in total. The molecule has 1 aromatic carbocycles. The molecule has 1 fully saturated rings. The van der Waals surface area contributed by atoms with Gasteiger partial charge >= 0.3 is 0 Å². The topological polar surface area (TPSA) is 60.2 Å². The van der Waals surface area contributed by atoms with Crippen molar-refractivity contribution in [1.82, 2.24) is 19.9 Å². The second kappa shape index (κ2) is 6.70. The highest BCUT2D eigenvalue weighted by Gasteiger charge is 2.24. The van der Waals surface area contributed by atoms with Gasteiger partial charge in [0.05, 0.1) is 18.5 Å². The molecule has 0 N–H and O–H groups in total. The van der Waals surface area contributed by atoms with Crippen molar-refractivity contribution in [3.63, 3.8) is 0 Å². The van der Waals surface area contributed by atoms with Crippen LogP contribution in [0.25, 0.3) is 5.69 Å². The number of hydrogen-bond acceptors (Lipinski definition) is 4. The molecule has 1 amide bonds. The standard InChI is InChI=1S/C16H20N4O2/c1-2-19(11-13-8-9-22-12-13)16(21)15-10-17-20(18-15)14-6-4-3-5-7-14/h3-7,10,13H,2,8-9,11-12H2,1H3/t13-/m0/s1. The van der Waals surface area contributed by atoms with E-state index >= 15 is 0 Å². The van der Waals surface area contributed by atoms with Gasteiger partial charge in [-0.15, -0.1) is 5.10 Å². The van der Waals surface area contributed by atoms with Crippen LogP contribution in [0.3, 0.4) is 0 Å². The van der Waals surface area contributed by atoms with Crippen molar-refractivity contribution in [2.75, 3.05) is 26.3 Å². The van der Waals surface area contributed by atoms with Crippen LogP contribution in [0.5, 0.6) is 0 Å². The Hall–Kier alpha value is -2.21. The first-order chi connectivity index (χ1) is 10.8. The zero-order valence-corrected chi connectivity index (χ0v) is 12.7. The number of nitrogens with zero attached hydrogens (tertiary/aromatic N) is 4. The Labute approximate surface area is 129 Å². The van der Waals surface area contributed by atoms with Crippen LogP contribution in [0.4, 0.5) is 0 Å². The molecule has 0 spiro atoms. The van der Waals surface area contributed by atoms with E-state index in [2.05, 4.69) is 10.2 Å². The van der Waals surface area contributed by atoms with E-state index in [1.54, 1.807) is 0 Å². The summed E-state index contributed by atoms with van der Waals surface area (Å²) in [4.78, 5) is 15.9. The minimum absolute atomic E-state index is 0.0726. The van der Waals surface area contributed by atoms with Gasteiger partial charge in [-0.05, 0) is 25.5 Å².